The molecule has 1 aromatic carbocycles. The number of rotatable bonds is 5. The minimum atomic E-state index is -1.21. The largest absolute Gasteiger partial charge is 0.399 e. The number of nitrogens with two attached hydrogens (primary N) is 1. The Labute approximate surface area is 90.9 Å². The number of benzene rings is 1. The van der Waals surface area contributed by atoms with E-state index < -0.39 is 16.6 Å². The van der Waals surface area contributed by atoms with Crippen LogP contribution in [-0.4, -0.2) is 23.7 Å². The van der Waals surface area contributed by atoms with Crippen molar-refractivity contribution in [2.75, 3.05) is 25.2 Å². The first-order valence-corrected chi connectivity index (χ1v) is 5.89. The predicted octanol–water partition coefficient (Wildman–Crippen LogP) is 1.55. The minimum Gasteiger partial charge on any atom is -0.399 e. The molecule has 84 valence electrons. The maximum Gasteiger partial charge on any atom is 0.126 e. The van der Waals surface area contributed by atoms with E-state index >= 15 is 0 Å². The molecule has 0 bridgehead atoms. The highest BCUT2D eigenvalue weighted by Gasteiger charge is 2.06. The topological polar surface area (TPSA) is 52.3 Å². The molecule has 0 saturated carbocycles. The molecule has 3 nitrogen and oxygen atoms in total. The summed E-state index contributed by atoms with van der Waals surface area (Å²) in [6.07, 6.45) is 0.680. The molecule has 5 heteroatoms. The fraction of sp³-hybridized carbons (Fsp3) is 0.400. The van der Waals surface area contributed by atoms with Crippen LogP contribution >= 0.6 is 0 Å². The van der Waals surface area contributed by atoms with Crippen molar-refractivity contribution in [1.29, 1.82) is 0 Å². The van der Waals surface area contributed by atoms with Gasteiger partial charge in [0.05, 0.1) is 10.8 Å². The molecule has 0 aliphatic heterocycles. The van der Waals surface area contributed by atoms with Crippen molar-refractivity contribution in [2.45, 2.75) is 11.3 Å². The number of methoxy groups -OCH3 is 1. The van der Waals surface area contributed by atoms with Crippen molar-refractivity contribution in [3.8, 4) is 0 Å². The predicted molar refractivity (Wildman–Crippen MR) is 58.6 cm³/mol. The standard InChI is InChI=1S/C10H14FNO2S/c1-14-3-2-4-15(13)10-6-8(11)5-9(12)7-10/h5-7H,2-4,12H2,1H3. The summed E-state index contributed by atoms with van der Waals surface area (Å²) in [4.78, 5) is 0.434. The van der Waals surface area contributed by atoms with E-state index in [2.05, 4.69) is 0 Å². The van der Waals surface area contributed by atoms with Gasteiger partial charge in [0.15, 0.2) is 0 Å². The van der Waals surface area contributed by atoms with E-state index in [1.807, 2.05) is 0 Å². The Morgan fingerprint density at radius 3 is 2.80 bits per heavy atom. The third-order valence-corrected chi connectivity index (χ3v) is 3.26. The van der Waals surface area contributed by atoms with Crippen LogP contribution in [0.2, 0.25) is 0 Å². The number of anilines is 1. The Morgan fingerprint density at radius 2 is 2.20 bits per heavy atom. The molecule has 0 aliphatic carbocycles. The lowest BCUT2D eigenvalue weighted by Crippen LogP contribution is -2.02. The molecule has 1 aromatic rings. The van der Waals surface area contributed by atoms with Gasteiger partial charge in [0.2, 0.25) is 0 Å². The van der Waals surface area contributed by atoms with Gasteiger partial charge in [0, 0.05) is 30.1 Å². The zero-order chi connectivity index (χ0) is 11.3. The maximum atomic E-state index is 12.9. The summed E-state index contributed by atoms with van der Waals surface area (Å²) in [6, 6.07) is 3.99. The van der Waals surface area contributed by atoms with Crippen molar-refractivity contribution < 1.29 is 13.3 Å². The van der Waals surface area contributed by atoms with E-state index in [4.69, 9.17) is 10.5 Å². The second kappa shape index (κ2) is 5.82. The van der Waals surface area contributed by atoms with Crippen molar-refractivity contribution in [3.05, 3.63) is 24.0 Å². The van der Waals surface area contributed by atoms with Crippen LogP contribution in [0.5, 0.6) is 0 Å². The SMILES string of the molecule is COCCCS(=O)c1cc(N)cc(F)c1. The lowest BCUT2D eigenvalue weighted by molar-refractivity contribution is 0.200. The van der Waals surface area contributed by atoms with Gasteiger partial charge < -0.3 is 10.5 Å². The molecule has 1 rings (SSSR count). The van der Waals surface area contributed by atoms with Crippen LogP contribution in [0.3, 0.4) is 0 Å². The summed E-state index contributed by atoms with van der Waals surface area (Å²) in [6.45, 7) is 0.552. The van der Waals surface area contributed by atoms with Crippen LogP contribution in [0.15, 0.2) is 23.1 Å². The van der Waals surface area contributed by atoms with Gasteiger partial charge >= 0.3 is 0 Å². The smallest absolute Gasteiger partial charge is 0.126 e. The monoisotopic (exact) mass is 231 g/mol. The normalized spacial score (nSPS) is 12.7. The molecule has 0 amide bonds. The average molecular weight is 231 g/mol. The zero-order valence-electron chi connectivity index (χ0n) is 8.53. The third kappa shape index (κ3) is 3.97. The summed E-state index contributed by atoms with van der Waals surface area (Å²) >= 11 is 0. The van der Waals surface area contributed by atoms with Crippen molar-refractivity contribution in [3.63, 3.8) is 0 Å². The maximum absolute atomic E-state index is 12.9. The molecule has 0 aliphatic rings. The lowest BCUT2D eigenvalue weighted by atomic mass is 10.3. The molecule has 0 radical (unpaired) electrons. The molecule has 1 atom stereocenters. The molecular formula is C10H14FNO2S. The van der Waals surface area contributed by atoms with Gasteiger partial charge in [-0.15, -0.1) is 0 Å². The summed E-state index contributed by atoms with van der Waals surface area (Å²) in [7, 11) is 0.381. The number of nitrogen functional groups attached to an aromatic ring is 1. The van der Waals surface area contributed by atoms with Gasteiger partial charge in [-0.3, -0.25) is 4.21 Å². The van der Waals surface area contributed by atoms with E-state index in [0.29, 0.717) is 29.4 Å². The first-order chi connectivity index (χ1) is 7.13. The van der Waals surface area contributed by atoms with E-state index in [1.54, 1.807) is 7.11 Å². The van der Waals surface area contributed by atoms with Gasteiger partial charge in [-0.2, -0.15) is 0 Å². The Hall–Kier alpha value is -0.940. The third-order valence-electron chi connectivity index (χ3n) is 1.83. The molecule has 2 N–H and O–H groups in total. The zero-order valence-corrected chi connectivity index (χ0v) is 9.35. The van der Waals surface area contributed by atoms with E-state index in [-0.39, 0.29) is 0 Å². The van der Waals surface area contributed by atoms with Gasteiger partial charge in [-0.05, 0) is 24.6 Å². The molecule has 0 aromatic heterocycles. The van der Waals surface area contributed by atoms with Gasteiger partial charge in [0.25, 0.3) is 0 Å². The Kier molecular flexibility index (Phi) is 4.71. The number of halogens is 1. The number of hydrogen-bond donors (Lipinski definition) is 1. The summed E-state index contributed by atoms with van der Waals surface area (Å²) in [5, 5.41) is 0. The minimum absolute atomic E-state index is 0.296. The highest BCUT2D eigenvalue weighted by atomic mass is 32.2. The fourth-order valence-electron chi connectivity index (χ4n) is 1.17. The molecule has 0 fully saturated rings. The van der Waals surface area contributed by atoms with E-state index in [0.717, 1.165) is 0 Å². The molecule has 0 spiro atoms. The highest BCUT2D eigenvalue weighted by Crippen LogP contribution is 2.14. The summed E-state index contributed by atoms with van der Waals surface area (Å²) in [5.74, 6) is 0.00147. The van der Waals surface area contributed by atoms with Crippen molar-refractivity contribution in [1.82, 2.24) is 0 Å². The van der Waals surface area contributed by atoms with Crippen LogP contribution in [-0.2, 0) is 15.5 Å². The van der Waals surface area contributed by atoms with Crippen LogP contribution in [0, 0.1) is 5.82 Å². The molecule has 15 heavy (non-hydrogen) atoms. The van der Waals surface area contributed by atoms with Gasteiger partial charge in [-0.25, -0.2) is 4.39 Å². The Balaban J connectivity index is 2.65. The number of hydrogen-bond acceptors (Lipinski definition) is 3. The van der Waals surface area contributed by atoms with Gasteiger partial charge in [-0.1, -0.05) is 0 Å². The van der Waals surface area contributed by atoms with Gasteiger partial charge in [0.1, 0.15) is 5.82 Å². The molecular weight excluding hydrogens is 217 g/mol. The Bertz CT molecular complexity index is 337. The fourth-order valence-corrected chi connectivity index (χ4v) is 2.30. The van der Waals surface area contributed by atoms with Crippen LogP contribution < -0.4 is 5.73 Å². The molecule has 0 heterocycles. The summed E-state index contributed by atoms with van der Waals surface area (Å²) < 4.78 is 29.4. The lowest BCUT2D eigenvalue weighted by Gasteiger charge is -2.03. The van der Waals surface area contributed by atoms with Crippen LogP contribution in [0.1, 0.15) is 6.42 Å². The summed E-state index contributed by atoms with van der Waals surface area (Å²) in [5.41, 5.74) is 5.75. The van der Waals surface area contributed by atoms with Crippen LogP contribution in [0.4, 0.5) is 10.1 Å². The van der Waals surface area contributed by atoms with E-state index in [1.165, 1.54) is 18.2 Å². The average Bonchev–Trinajstić information content (AvgIpc) is 2.16. The second-order valence-electron chi connectivity index (χ2n) is 3.12. The first-order valence-electron chi connectivity index (χ1n) is 4.57. The molecule has 0 saturated heterocycles. The molecule has 1 unspecified atom stereocenters. The van der Waals surface area contributed by atoms with E-state index in [9.17, 15) is 8.60 Å². The quantitative estimate of drug-likeness (QED) is 0.618. The second-order valence-corrected chi connectivity index (χ2v) is 4.69. The number of ether oxygens (including phenoxy) is 1. The van der Waals surface area contributed by atoms with Crippen molar-refractivity contribution in [2.24, 2.45) is 0 Å². The first kappa shape index (κ1) is 12.1. The Morgan fingerprint density at radius 1 is 1.47 bits per heavy atom. The highest BCUT2D eigenvalue weighted by molar-refractivity contribution is 7.85. The van der Waals surface area contributed by atoms with Crippen LogP contribution in [0.25, 0.3) is 0 Å². The van der Waals surface area contributed by atoms with Crippen molar-refractivity contribution >= 4 is 16.5 Å².